The molecular formula is C12H11Cl2NO5S. The molecule has 0 aliphatic heterocycles. The maximum atomic E-state index is 11.5. The minimum Gasteiger partial charge on any atom is -0.502 e. The predicted octanol–water partition coefficient (Wildman–Crippen LogP) is 3.43. The molecule has 3 N–H and O–H groups in total. The lowest BCUT2D eigenvalue weighted by Gasteiger charge is -2.03. The van der Waals surface area contributed by atoms with Gasteiger partial charge in [0.05, 0.1) is 10.8 Å². The molecule has 114 valence electrons. The zero-order valence-corrected chi connectivity index (χ0v) is 13.1. The van der Waals surface area contributed by atoms with Crippen LogP contribution in [-0.4, -0.2) is 24.4 Å². The van der Waals surface area contributed by atoms with Crippen molar-refractivity contribution in [2.45, 2.75) is 6.92 Å². The van der Waals surface area contributed by atoms with Crippen molar-refractivity contribution >= 4 is 39.1 Å². The van der Waals surface area contributed by atoms with E-state index in [0.717, 1.165) is 0 Å². The highest BCUT2D eigenvalue weighted by Crippen LogP contribution is 2.47. The van der Waals surface area contributed by atoms with Gasteiger partial charge >= 0.3 is 0 Å². The molecule has 0 atom stereocenters. The number of aromatic hydroxyl groups is 2. The SMILES string of the molecule is CCS(=O)(=O)Nc1oc(-c2ccc(Cl)cc2Cl)c(O)c1O. The number of benzene rings is 1. The minimum absolute atomic E-state index is 0.164. The van der Waals surface area contributed by atoms with Crippen molar-refractivity contribution in [3.05, 3.63) is 28.2 Å². The summed E-state index contributed by atoms with van der Waals surface area (Å²) < 4.78 is 30.2. The second-order valence-electron chi connectivity index (χ2n) is 4.09. The Bertz CT molecular complexity index is 785. The molecule has 0 aliphatic rings. The van der Waals surface area contributed by atoms with E-state index >= 15 is 0 Å². The second kappa shape index (κ2) is 5.67. The van der Waals surface area contributed by atoms with E-state index in [1.165, 1.54) is 25.1 Å². The summed E-state index contributed by atoms with van der Waals surface area (Å²) in [7, 11) is -3.67. The second-order valence-corrected chi connectivity index (χ2v) is 6.94. The van der Waals surface area contributed by atoms with Crippen molar-refractivity contribution in [3.8, 4) is 22.8 Å². The third-order valence-electron chi connectivity index (χ3n) is 2.66. The van der Waals surface area contributed by atoms with Crippen LogP contribution in [0.1, 0.15) is 6.92 Å². The number of hydrogen-bond donors (Lipinski definition) is 3. The van der Waals surface area contributed by atoms with Gasteiger partial charge in [-0.2, -0.15) is 0 Å². The van der Waals surface area contributed by atoms with Gasteiger partial charge in [0.2, 0.25) is 21.5 Å². The molecule has 6 nitrogen and oxygen atoms in total. The Morgan fingerprint density at radius 3 is 2.48 bits per heavy atom. The molecule has 1 heterocycles. The highest BCUT2D eigenvalue weighted by molar-refractivity contribution is 7.92. The molecule has 21 heavy (non-hydrogen) atoms. The molecule has 9 heteroatoms. The molecule has 1 aromatic heterocycles. The lowest BCUT2D eigenvalue weighted by atomic mass is 10.1. The predicted molar refractivity (Wildman–Crippen MR) is 80.6 cm³/mol. The standard InChI is InChI=1S/C12H11Cl2NO5S/c1-2-21(18,19)15-12-10(17)9(16)11(20-12)7-4-3-6(13)5-8(7)14/h3-5,15-17H,2H2,1H3. The molecule has 0 amide bonds. The summed E-state index contributed by atoms with van der Waals surface area (Å²) in [6.45, 7) is 1.42. The van der Waals surface area contributed by atoms with Crippen LogP contribution >= 0.6 is 23.2 Å². The smallest absolute Gasteiger partial charge is 0.253 e. The number of anilines is 1. The van der Waals surface area contributed by atoms with Crippen molar-refractivity contribution in [2.24, 2.45) is 0 Å². The lowest BCUT2D eigenvalue weighted by Crippen LogP contribution is -2.14. The molecule has 0 spiro atoms. The van der Waals surface area contributed by atoms with Crippen LogP contribution in [0, 0.1) is 0 Å². The van der Waals surface area contributed by atoms with Crippen molar-refractivity contribution in [3.63, 3.8) is 0 Å². The Kier molecular flexibility index (Phi) is 4.27. The van der Waals surface area contributed by atoms with E-state index < -0.39 is 27.4 Å². The van der Waals surface area contributed by atoms with Gasteiger partial charge in [-0.05, 0) is 25.1 Å². The number of nitrogens with one attached hydrogen (secondary N) is 1. The van der Waals surface area contributed by atoms with Gasteiger partial charge in [0.15, 0.2) is 5.76 Å². The number of furan rings is 1. The molecule has 2 aromatic rings. The Balaban J connectivity index is 2.52. The highest BCUT2D eigenvalue weighted by Gasteiger charge is 2.24. The first-order valence-corrected chi connectivity index (χ1v) is 8.16. The number of hydrogen-bond acceptors (Lipinski definition) is 5. The summed E-state index contributed by atoms with van der Waals surface area (Å²) >= 11 is 11.8. The highest BCUT2D eigenvalue weighted by atomic mass is 35.5. The van der Waals surface area contributed by atoms with Gasteiger partial charge in [0.25, 0.3) is 5.88 Å². The summed E-state index contributed by atoms with van der Waals surface area (Å²) in [6.07, 6.45) is 0. The van der Waals surface area contributed by atoms with Gasteiger partial charge in [0, 0.05) is 10.6 Å². The Labute approximate surface area is 131 Å². The third-order valence-corrected chi connectivity index (χ3v) is 4.47. The molecule has 0 fully saturated rings. The first-order valence-electron chi connectivity index (χ1n) is 5.75. The minimum atomic E-state index is -3.67. The molecule has 0 bridgehead atoms. The number of halogens is 2. The Morgan fingerprint density at radius 1 is 1.24 bits per heavy atom. The average Bonchev–Trinajstić information content (AvgIpc) is 2.67. The largest absolute Gasteiger partial charge is 0.502 e. The molecule has 2 rings (SSSR count). The lowest BCUT2D eigenvalue weighted by molar-refractivity contribution is 0.410. The van der Waals surface area contributed by atoms with Gasteiger partial charge in [0.1, 0.15) is 0 Å². The van der Waals surface area contributed by atoms with Crippen LogP contribution in [-0.2, 0) is 10.0 Å². The van der Waals surface area contributed by atoms with Crippen LogP contribution in [0.5, 0.6) is 11.5 Å². The number of rotatable bonds is 4. The van der Waals surface area contributed by atoms with E-state index in [-0.39, 0.29) is 22.1 Å². The zero-order valence-electron chi connectivity index (χ0n) is 10.7. The van der Waals surface area contributed by atoms with E-state index in [9.17, 15) is 18.6 Å². The van der Waals surface area contributed by atoms with Gasteiger partial charge in [-0.15, -0.1) is 0 Å². The van der Waals surface area contributed by atoms with E-state index in [1.807, 2.05) is 4.72 Å². The van der Waals surface area contributed by atoms with Crippen LogP contribution in [0.2, 0.25) is 10.0 Å². The Morgan fingerprint density at radius 2 is 1.90 bits per heavy atom. The van der Waals surface area contributed by atoms with E-state index in [2.05, 4.69) is 0 Å². The van der Waals surface area contributed by atoms with Gasteiger partial charge in [-0.1, -0.05) is 23.2 Å². The first kappa shape index (κ1) is 15.8. The van der Waals surface area contributed by atoms with Crippen molar-refractivity contribution in [1.82, 2.24) is 0 Å². The first-order chi connectivity index (χ1) is 9.75. The number of sulfonamides is 1. The molecule has 0 unspecified atom stereocenters. The van der Waals surface area contributed by atoms with Gasteiger partial charge in [-0.3, -0.25) is 0 Å². The van der Waals surface area contributed by atoms with Crippen LogP contribution < -0.4 is 4.72 Å². The molecule has 0 saturated carbocycles. The quantitative estimate of drug-likeness (QED) is 0.783. The maximum Gasteiger partial charge on any atom is 0.253 e. The van der Waals surface area contributed by atoms with E-state index in [1.54, 1.807) is 0 Å². The molecule has 1 aromatic carbocycles. The van der Waals surface area contributed by atoms with Gasteiger partial charge < -0.3 is 14.6 Å². The van der Waals surface area contributed by atoms with Crippen molar-refractivity contribution < 1.29 is 23.0 Å². The normalized spacial score (nSPS) is 11.6. The molecule has 0 aliphatic carbocycles. The molecule has 0 saturated heterocycles. The fourth-order valence-electron chi connectivity index (χ4n) is 1.55. The fourth-order valence-corrected chi connectivity index (χ4v) is 2.61. The molecule has 0 radical (unpaired) electrons. The maximum absolute atomic E-state index is 11.5. The van der Waals surface area contributed by atoms with E-state index in [4.69, 9.17) is 27.6 Å². The zero-order chi connectivity index (χ0) is 15.8. The summed E-state index contributed by atoms with van der Waals surface area (Å²) in [5, 5.41) is 20.2. The monoisotopic (exact) mass is 351 g/mol. The van der Waals surface area contributed by atoms with Crippen molar-refractivity contribution in [2.75, 3.05) is 10.5 Å². The Hall–Kier alpha value is -1.57. The summed E-state index contributed by atoms with van der Waals surface area (Å²) in [6, 6.07) is 4.41. The average molecular weight is 352 g/mol. The topological polar surface area (TPSA) is 99.8 Å². The summed E-state index contributed by atoms with van der Waals surface area (Å²) in [5.74, 6) is -2.19. The fraction of sp³-hybridized carbons (Fsp3) is 0.167. The van der Waals surface area contributed by atoms with Crippen LogP contribution in [0.25, 0.3) is 11.3 Å². The third kappa shape index (κ3) is 3.20. The van der Waals surface area contributed by atoms with Crippen LogP contribution in [0.15, 0.2) is 22.6 Å². The summed E-state index contributed by atoms with van der Waals surface area (Å²) in [5.41, 5.74) is 0.260. The molecular weight excluding hydrogens is 341 g/mol. The van der Waals surface area contributed by atoms with Crippen molar-refractivity contribution in [1.29, 1.82) is 0 Å². The van der Waals surface area contributed by atoms with Crippen LogP contribution in [0.3, 0.4) is 0 Å². The van der Waals surface area contributed by atoms with Gasteiger partial charge in [-0.25, -0.2) is 13.1 Å². The van der Waals surface area contributed by atoms with E-state index in [0.29, 0.717) is 5.02 Å². The van der Waals surface area contributed by atoms with Crippen LogP contribution in [0.4, 0.5) is 5.88 Å². The summed E-state index contributed by atoms with van der Waals surface area (Å²) in [4.78, 5) is 0.